The molecule has 0 aliphatic carbocycles. The fourth-order valence-electron chi connectivity index (χ4n) is 4.61. The number of benzene rings is 2. The Hall–Kier alpha value is -2.19. The highest BCUT2D eigenvalue weighted by molar-refractivity contribution is 7.88. The standard InChI is InChI=1S/C25H31ClN4O4S/c1-35(31,32)30(12-13-33-23-8-4-20(14-27)5-9-23)11-10-28-16-24-18-29(19-25(17-28)34-24)15-21-2-6-22(26)7-3-21/h2-9,24-25H,10-13,15-19H2,1H3. The molecule has 8 nitrogen and oxygen atoms in total. The average Bonchev–Trinajstić information content (AvgIpc) is 2.82. The maximum atomic E-state index is 12.3. The molecule has 0 N–H and O–H groups in total. The maximum absolute atomic E-state index is 12.3. The van der Waals surface area contributed by atoms with Gasteiger partial charge in [-0.2, -0.15) is 9.57 Å². The van der Waals surface area contributed by atoms with Crippen LogP contribution in [0, 0.1) is 11.3 Å². The number of nitriles is 1. The van der Waals surface area contributed by atoms with Gasteiger partial charge in [0.15, 0.2) is 0 Å². The van der Waals surface area contributed by atoms with E-state index in [9.17, 15) is 8.42 Å². The molecule has 2 aromatic carbocycles. The van der Waals surface area contributed by atoms with Crippen molar-refractivity contribution in [1.29, 1.82) is 5.26 Å². The van der Waals surface area contributed by atoms with E-state index < -0.39 is 10.0 Å². The van der Waals surface area contributed by atoms with Crippen LogP contribution in [0.4, 0.5) is 0 Å². The molecule has 2 heterocycles. The van der Waals surface area contributed by atoms with Crippen molar-refractivity contribution in [3.05, 3.63) is 64.7 Å². The van der Waals surface area contributed by atoms with Crippen LogP contribution in [0.5, 0.6) is 5.75 Å². The minimum absolute atomic E-state index is 0.112. The van der Waals surface area contributed by atoms with Gasteiger partial charge in [0, 0.05) is 57.4 Å². The Morgan fingerprint density at radius 3 is 2.26 bits per heavy atom. The third-order valence-corrected chi connectivity index (χ3v) is 7.83. The molecule has 2 bridgehead atoms. The maximum Gasteiger partial charge on any atom is 0.211 e. The summed E-state index contributed by atoms with van der Waals surface area (Å²) in [5.74, 6) is 0.613. The molecule has 0 aromatic heterocycles. The third-order valence-electron chi connectivity index (χ3n) is 6.28. The highest BCUT2D eigenvalue weighted by Gasteiger charge is 2.35. The van der Waals surface area contributed by atoms with Gasteiger partial charge in [0.25, 0.3) is 0 Å². The van der Waals surface area contributed by atoms with Gasteiger partial charge in [-0.05, 0) is 42.0 Å². The predicted molar refractivity (Wildman–Crippen MR) is 135 cm³/mol. The highest BCUT2D eigenvalue weighted by Crippen LogP contribution is 2.21. The van der Waals surface area contributed by atoms with Crippen molar-refractivity contribution in [1.82, 2.24) is 14.1 Å². The lowest BCUT2D eigenvalue weighted by Gasteiger charge is -2.46. The van der Waals surface area contributed by atoms with Crippen molar-refractivity contribution in [3.8, 4) is 11.8 Å². The van der Waals surface area contributed by atoms with E-state index >= 15 is 0 Å². The smallest absolute Gasteiger partial charge is 0.211 e. The Morgan fingerprint density at radius 1 is 1.03 bits per heavy atom. The van der Waals surface area contributed by atoms with E-state index in [2.05, 4.69) is 28.0 Å². The number of halogens is 1. The van der Waals surface area contributed by atoms with Crippen molar-refractivity contribution in [2.24, 2.45) is 0 Å². The van der Waals surface area contributed by atoms with E-state index in [1.807, 2.05) is 12.1 Å². The second kappa shape index (κ2) is 11.7. The van der Waals surface area contributed by atoms with Crippen LogP contribution in [0.3, 0.4) is 0 Å². The lowest BCUT2D eigenvalue weighted by atomic mass is 10.1. The largest absolute Gasteiger partial charge is 0.492 e. The Bertz CT molecular complexity index is 1110. The summed E-state index contributed by atoms with van der Waals surface area (Å²) in [4.78, 5) is 4.72. The zero-order valence-corrected chi connectivity index (χ0v) is 21.4. The summed E-state index contributed by atoms with van der Waals surface area (Å²) < 4.78 is 38.0. The molecule has 2 aromatic rings. The first-order valence-corrected chi connectivity index (χ1v) is 13.9. The molecule has 188 valence electrons. The van der Waals surface area contributed by atoms with Crippen LogP contribution in [0.1, 0.15) is 11.1 Å². The minimum Gasteiger partial charge on any atom is -0.492 e. The molecule has 10 heteroatoms. The number of fused-ring (bicyclic) bond motifs is 2. The molecule has 2 atom stereocenters. The van der Waals surface area contributed by atoms with Gasteiger partial charge in [-0.3, -0.25) is 9.80 Å². The summed E-state index contributed by atoms with van der Waals surface area (Å²) in [5.41, 5.74) is 1.79. The molecule has 2 aliphatic rings. The summed E-state index contributed by atoms with van der Waals surface area (Å²) in [6, 6.07) is 16.8. The first-order valence-electron chi connectivity index (χ1n) is 11.7. The summed E-state index contributed by atoms with van der Waals surface area (Å²) in [7, 11) is -3.36. The summed E-state index contributed by atoms with van der Waals surface area (Å²) >= 11 is 6.00. The Morgan fingerprint density at radius 2 is 1.66 bits per heavy atom. The summed E-state index contributed by atoms with van der Waals surface area (Å²) in [5, 5.41) is 9.63. The van der Waals surface area contributed by atoms with Crippen LogP contribution in [0.25, 0.3) is 0 Å². The van der Waals surface area contributed by atoms with Gasteiger partial charge >= 0.3 is 0 Å². The highest BCUT2D eigenvalue weighted by atomic mass is 35.5. The first-order chi connectivity index (χ1) is 16.8. The second-order valence-electron chi connectivity index (χ2n) is 9.11. The quantitative estimate of drug-likeness (QED) is 0.477. The number of ether oxygens (including phenoxy) is 2. The van der Waals surface area contributed by atoms with Crippen LogP contribution in [0.2, 0.25) is 5.02 Å². The summed E-state index contributed by atoms with van der Waals surface area (Å²) in [6.45, 7) is 5.71. The molecule has 2 fully saturated rings. The molecule has 2 aliphatic heterocycles. The Labute approximate surface area is 212 Å². The molecule has 0 saturated carbocycles. The monoisotopic (exact) mass is 518 g/mol. The number of morpholine rings is 2. The van der Waals surface area contributed by atoms with E-state index in [1.165, 1.54) is 16.1 Å². The fraction of sp³-hybridized carbons (Fsp3) is 0.480. The molecule has 2 saturated heterocycles. The van der Waals surface area contributed by atoms with E-state index in [1.54, 1.807) is 24.3 Å². The molecular weight excluding hydrogens is 488 g/mol. The van der Waals surface area contributed by atoms with Gasteiger partial charge in [0.1, 0.15) is 12.4 Å². The van der Waals surface area contributed by atoms with Gasteiger partial charge < -0.3 is 9.47 Å². The molecule has 0 spiro atoms. The van der Waals surface area contributed by atoms with Gasteiger partial charge in [0.05, 0.1) is 30.1 Å². The van der Waals surface area contributed by atoms with Crippen LogP contribution in [-0.2, 0) is 21.3 Å². The van der Waals surface area contributed by atoms with E-state index in [0.717, 1.165) is 37.7 Å². The van der Waals surface area contributed by atoms with Crippen LogP contribution in [-0.4, -0.2) is 93.4 Å². The minimum atomic E-state index is -3.36. The third kappa shape index (κ3) is 7.64. The van der Waals surface area contributed by atoms with E-state index in [0.29, 0.717) is 24.4 Å². The molecule has 4 rings (SSSR count). The number of sulfonamides is 1. The molecule has 35 heavy (non-hydrogen) atoms. The molecule has 0 radical (unpaired) electrons. The Kier molecular flexibility index (Phi) is 8.65. The normalized spacial score (nSPS) is 21.1. The van der Waals surface area contributed by atoms with E-state index in [4.69, 9.17) is 26.3 Å². The predicted octanol–water partition coefficient (Wildman–Crippen LogP) is 2.44. The lowest BCUT2D eigenvalue weighted by molar-refractivity contribution is -0.140. The number of hydrogen-bond acceptors (Lipinski definition) is 7. The van der Waals surface area contributed by atoms with Gasteiger partial charge in [-0.15, -0.1) is 0 Å². The zero-order chi connectivity index (χ0) is 24.8. The summed E-state index contributed by atoms with van der Waals surface area (Å²) in [6.07, 6.45) is 1.46. The van der Waals surface area contributed by atoms with Crippen molar-refractivity contribution in [2.75, 3.05) is 58.7 Å². The van der Waals surface area contributed by atoms with Crippen molar-refractivity contribution in [2.45, 2.75) is 18.8 Å². The zero-order valence-electron chi connectivity index (χ0n) is 19.8. The van der Waals surface area contributed by atoms with Crippen molar-refractivity contribution >= 4 is 21.6 Å². The first kappa shape index (κ1) is 25.9. The number of rotatable bonds is 10. The van der Waals surface area contributed by atoms with Crippen molar-refractivity contribution in [3.63, 3.8) is 0 Å². The van der Waals surface area contributed by atoms with Crippen molar-refractivity contribution < 1.29 is 17.9 Å². The number of hydrogen-bond donors (Lipinski definition) is 0. The average molecular weight is 519 g/mol. The van der Waals surface area contributed by atoms with Gasteiger partial charge in [-0.1, -0.05) is 23.7 Å². The molecule has 0 amide bonds. The molecule has 2 unspecified atom stereocenters. The number of nitrogens with zero attached hydrogens (tertiary/aromatic N) is 4. The fourth-order valence-corrected chi connectivity index (χ4v) is 5.55. The Balaban J connectivity index is 1.24. The lowest BCUT2D eigenvalue weighted by Crippen LogP contribution is -2.60. The molecular formula is C25H31ClN4O4S. The van der Waals surface area contributed by atoms with Crippen LogP contribution >= 0.6 is 11.6 Å². The van der Waals surface area contributed by atoms with Crippen LogP contribution in [0.15, 0.2) is 48.5 Å². The topological polar surface area (TPSA) is 86.1 Å². The SMILES string of the molecule is CS(=O)(=O)N(CCOc1ccc(C#N)cc1)CCN1CC2CN(Cc3ccc(Cl)cc3)CC(C1)O2. The van der Waals surface area contributed by atoms with E-state index in [-0.39, 0.29) is 25.4 Å². The second-order valence-corrected chi connectivity index (χ2v) is 11.5. The van der Waals surface area contributed by atoms with Gasteiger partial charge in [0.2, 0.25) is 10.0 Å². The van der Waals surface area contributed by atoms with Crippen LogP contribution < -0.4 is 4.74 Å². The van der Waals surface area contributed by atoms with Gasteiger partial charge in [-0.25, -0.2) is 8.42 Å².